The highest BCUT2D eigenvalue weighted by Gasteiger charge is 2.24. The molecule has 1 aromatic rings. The molecule has 1 unspecified atom stereocenters. The third-order valence-electron chi connectivity index (χ3n) is 4.69. The van der Waals surface area contributed by atoms with Crippen LogP contribution in [0.1, 0.15) is 57.2 Å². The van der Waals surface area contributed by atoms with Crippen LogP contribution in [0.5, 0.6) is 0 Å². The molecule has 1 aliphatic rings. The molecule has 0 aliphatic heterocycles. The van der Waals surface area contributed by atoms with Crippen LogP contribution in [0.25, 0.3) is 0 Å². The molecule has 1 N–H and O–H groups in total. The van der Waals surface area contributed by atoms with Gasteiger partial charge in [0.15, 0.2) is 0 Å². The summed E-state index contributed by atoms with van der Waals surface area (Å²) < 4.78 is 0. The summed E-state index contributed by atoms with van der Waals surface area (Å²) in [6, 6.07) is 7.21. The number of nitrogens with one attached hydrogen (secondary N) is 1. The molecule has 0 spiro atoms. The Bertz CT molecular complexity index is 428. The lowest BCUT2D eigenvalue weighted by atomic mass is 9.77. The minimum Gasteiger partial charge on any atom is -0.316 e. The fourth-order valence-corrected chi connectivity index (χ4v) is 3.17. The van der Waals surface area contributed by atoms with E-state index in [2.05, 4.69) is 51.2 Å². The van der Waals surface area contributed by atoms with Crippen molar-refractivity contribution in [2.45, 2.75) is 59.8 Å². The fourth-order valence-electron chi connectivity index (χ4n) is 3.17. The maximum absolute atomic E-state index is 3.61. The van der Waals surface area contributed by atoms with Crippen molar-refractivity contribution in [3.05, 3.63) is 34.9 Å². The lowest BCUT2D eigenvalue weighted by Crippen LogP contribution is -2.33. The summed E-state index contributed by atoms with van der Waals surface area (Å²) in [6.07, 6.45) is 6.34. The summed E-state index contributed by atoms with van der Waals surface area (Å²) in [5.41, 5.74) is 5.09. The molecule has 1 heteroatoms. The summed E-state index contributed by atoms with van der Waals surface area (Å²) >= 11 is 0. The van der Waals surface area contributed by atoms with Gasteiger partial charge in [0.2, 0.25) is 0 Å². The van der Waals surface area contributed by atoms with E-state index in [4.69, 9.17) is 0 Å². The van der Waals surface area contributed by atoms with Crippen LogP contribution in [0.2, 0.25) is 0 Å². The maximum Gasteiger partial charge on any atom is -0.00123 e. The average Bonchev–Trinajstić information content (AvgIpc) is 2.84. The van der Waals surface area contributed by atoms with Gasteiger partial charge in [-0.15, -0.1) is 0 Å². The monoisotopic (exact) mass is 273 g/mol. The summed E-state index contributed by atoms with van der Waals surface area (Å²) in [4.78, 5) is 0. The topological polar surface area (TPSA) is 12.0 Å². The van der Waals surface area contributed by atoms with E-state index in [0.717, 1.165) is 13.1 Å². The van der Waals surface area contributed by atoms with Crippen molar-refractivity contribution in [2.75, 3.05) is 13.1 Å². The van der Waals surface area contributed by atoms with Crippen molar-refractivity contribution in [1.29, 1.82) is 0 Å². The first kappa shape index (κ1) is 15.6. The molecule has 20 heavy (non-hydrogen) atoms. The predicted octanol–water partition coefficient (Wildman–Crippen LogP) is 4.38. The van der Waals surface area contributed by atoms with Gasteiger partial charge in [-0.05, 0) is 73.2 Å². The van der Waals surface area contributed by atoms with Crippen LogP contribution in [0.3, 0.4) is 0 Å². The Morgan fingerprint density at radius 2 is 1.90 bits per heavy atom. The molecular weight excluding hydrogens is 242 g/mol. The second kappa shape index (κ2) is 6.76. The third kappa shape index (κ3) is 4.09. The third-order valence-corrected chi connectivity index (χ3v) is 4.69. The summed E-state index contributed by atoms with van der Waals surface area (Å²) in [6.45, 7) is 11.6. The zero-order valence-corrected chi connectivity index (χ0v) is 13.8. The molecule has 0 amide bonds. The predicted molar refractivity (Wildman–Crippen MR) is 88.3 cm³/mol. The molecular formula is C19H31N. The molecule has 0 aromatic heterocycles. The van der Waals surface area contributed by atoms with E-state index in [0.29, 0.717) is 11.3 Å². The number of benzene rings is 1. The normalized spacial score (nSPS) is 16.2. The Kier molecular flexibility index (Phi) is 5.26. The van der Waals surface area contributed by atoms with E-state index in [-0.39, 0.29) is 0 Å². The molecule has 0 saturated carbocycles. The van der Waals surface area contributed by atoms with Gasteiger partial charge in [0.05, 0.1) is 0 Å². The van der Waals surface area contributed by atoms with Crippen molar-refractivity contribution in [3.63, 3.8) is 0 Å². The number of hydrogen-bond donors (Lipinski definition) is 1. The SMILES string of the molecule is CCCNCC(Cc1ccc2c(c1)CCC2)C(C)(C)C. The van der Waals surface area contributed by atoms with E-state index in [1.165, 1.54) is 37.7 Å². The number of hydrogen-bond acceptors (Lipinski definition) is 1. The van der Waals surface area contributed by atoms with E-state index in [9.17, 15) is 0 Å². The quantitative estimate of drug-likeness (QED) is 0.758. The van der Waals surface area contributed by atoms with E-state index in [1.807, 2.05) is 0 Å². The lowest BCUT2D eigenvalue weighted by molar-refractivity contribution is 0.231. The van der Waals surface area contributed by atoms with Crippen molar-refractivity contribution in [3.8, 4) is 0 Å². The van der Waals surface area contributed by atoms with Crippen LogP contribution in [-0.4, -0.2) is 13.1 Å². The Morgan fingerprint density at radius 3 is 2.60 bits per heavy atom. The minimum absolute atomic E-state index is 0.361. The van der Waals surface area contributed by atoms with E-state index < -0.39 is 0 Å². The molecule has 1 atom stereocenters. The standard InChI is InChI=1S/C19H31N/c1-5-11-20-14-18(19(2,3)4)13-15-9-10-16-7-6-8-17(16)12-15/h9-10,12,18,20H,5-8,11,13-14H2,1-4H3. The largest absolute Gasteiger partial charge is 0.316 e. The van der Waals surface area contributed by atoms with Gasteiger partial charge in [-0.2, -0.15) is 0 Å². The maximum atomic E-state index is 3.61. The van der Waals surface area contributed by atoms with Crippen LogP contribution in [0, 0.1) is 11.3 Å². The molecule has 0 saturated heterocycles. The fraction of sp³-hybridized carbons (Fsp3) is 0.684. The van der Waals surface area contributed by atoms with Gasteiger partial charge >= 0.3 is 0 Å². The van der Waals surface area contributed by atoms with Crippen molar-refractivity contribution in [2.24, 2.45) is 11.3 Å². The Labute approximate surface area is 125 Å². The van der Waals surface area contributed by atoms with Gasteiger partial charge in [-0.1, -0.05) is 45.9 Å². The van der Waals surface area contributed by atoms with Crippen LogP contribution < -0.4 is 5.32 Å². The van der Waals surface area contributed by atoms with Crippen molar-refractivity contribution >= 4 is 0 Å². The van der Waals surface area contributed by atoms with E-state index in [1.54, 1.807) is 11.1 Å². The highest BCUT2D eigenvalue weighted by Crippen LogP contribution is 2.30. The zero-order valence-electron chi connectivity index (χ0n) is 13.8. The first-order valence-corrected chi connectivity index (χ1v) is 8.32. The number of fused-ring (bicyclic) bond motifs is 1. The van der Waals surface area contributed by atoms with Crippen molar-refractivity contribution in [1.82, 2.24) is 5.32 Å². The second-order valence-corrected chi connectivity index (χ2v) is 7.43. The number of rotatable bonds is 6. The zero-order chi connectivity index (χ0) is 14.6. The Hall–Kier alpha value is -0.820. The Balaban J connectivity index is 2.03. The molecule has 1 aromatic carbocycles. The average molecular weight is 273 g/mol. The van der Waals surface area contributed by atoms with Crippen LogP contribution >= 0.6 is 0 Å². The first-order valence-electron chi connectivity index (χ1n) is 8.32. The highest BCUT2D eigenvalue weighted by atomic mass is 14.9. The van der Waals surface area contributed by atoms with Gasteiger partial charge in [-0.25, -0.2) is 0 Å². The molecule has 112 valence electrons. The molecule has 0 heterocycles. The van der Waals surface area contributed by atoms with Crippen LogP contribution in [-0.2, 0) is 19.3 Å². The molecule has 1 aliphatic carbocycles. The van der Waals surface area contributed by atoms with Gasteiger partial charge < -0.3 is 5.32 Å². The van der Waals surface area contributed by atoms with Gasteiger partial charge in [0.25, 0.3) is 0 Å². The van der Waals surface area contributed by atoms with Crippen LogP contribution in [0.4, 0.5) is 0 Å². The van der Waals surface area contributed by atoms with E-state index >= 15 is 0 Å². The number of aryl methyl sites for hydroxylation is 2. The highest BCUT2D eigenvalue weighted by molar-refractivity contribution is 5.35. The molecule has 0 fully saturated rings. The van der Waals surface area contributed by atoms with Gasteiger partial charge in [-0.3, -0.25) is 0 Å². The van der Waals surface area contributed by atoms with Gasteiger partial charge in [0.1, 0.15) is 0 Å². The lowest BCUT2D eigenvalue weighted by Gasteiger charge is -2.31. The Morgan fingerprint density at radius 1 is 1.15 bits per heavy atom. The van der Waals surface area contributed by atoms with Crippen molar-refractivity contribution < 1.29 is 0 Å². The molecule has 0 radical (unpaired) electrons. The molecule has 1 nitrogen and oxygen atoms in total. The van der Waals surface area contributed by atoms with Crippen LogP contribution in [0.15, 0.2) is 18.2 Å². The minimum atomic E-state index is 0.361. The molecule has 0 bridgehead atoms. The summed E-state index contributed by atoms with van der Waals surface area (Å²) in [7, 11) is 0. The summed E-state index contributed by atoms with van der Waals surface area (Å²) in [5.74, 6) is 0.702. The first-order chi connectivity index (χ1) is 9.50. The second-order valence-electron chi connectivity index (χ2n) is 7.43. The van der Waals surface area contributed by atoms with Gasteiger partial charge in [0, 0.05) is 0 Å². The summed E-state index contributed by atoms with van der Waals surface area (Å²) in [5, 5.41) is 3.61. The molecule has 2 rings (SSSR count). The smallest absolute Gasteiger partial charge is 0.00123 e.